The zero-order chi connectivity index (χ0) is 18.4. The van der Waals surface area contributed by atoms with Crippen LogP contribution in [0.4, 0.5) is 0 Å². The molecule has 0 fully saturated rings. The molecule has 0 aliphatic carbocycles. The average molecular weight is 412 g/mol. The van der Waals surface area contributed by atoms with Gasteiger partial charge in [-0.15, -0.1) is 0 Å². The van der Waals surface area contributed by atoms with E-state index in [4.69, 9.17) is 0 Å². The van der Waals surface area contributed by atoms with E-state index in [1.165, 1.54) is 44.2 Å². The third kappa shape index (κ3) is 2.60. The molecule has 0 saturated heterocycles. The highest BCUT2D eigenvalue weighted by Crippen LogP contribution is 2.35. The van der Waals surface area contributed by atoms with Crippen LogP contribution in [-0.4, -0.2) is 4.57 Å². The number of halogens is 1. The maximum atomic E-state index is 3.71. The van der Waals surface area contributed by atoms with Crippen LogP contribution < -0.4 is 0 Å². The first-order valence-corrected chi connectivity index (χ1v) is 9.87. The zero-order valence-electron chi connectivity index (χ0n) is 15.0. The molecule has 2 heteroatoms. The fraction of sp³-hybridized carbons (Fsp3) is 0.0400. The number of hydrogen-bond donors (Lipinski definition) is 0. The van der Waals surface area contributed by atoms with Crippen molar-refractivity contribution in [2.45, 2.75) is 6.92 Å². The lowest BCUT2D eigenvalue weighted by atomic mass is 10.00. The van der Waals surface area contributed by atoms with E-state index in [9.17, 15) is 0 Å². The molecule has 5 rings (SSSR count). The smallest absolute Gasteiger partial charge is 0.0541 e. The highest BCUT2D eigenvalue weighted by atomic mass is 79.9. The van der Waals surface area contributed by atoms with Crippen LogP contribution in [0.15, 0.2) is 95.5 Å². The number of para-hydroxylation sites is 2. The van der Waals surface area contributed by atoms with Crippen molar-refractivity contribution in [3.63, 3.8) is 0 Å². The lowest BCUT2D eigenvalue weighted by Crippen LogP contribution is -1.95. The molecule has 0 aliphatic rings. The van der Waals surface area contributed by atoms with Crippen molar-refractivity contribution in [1.29, 1.82) is 0 Å². The molecule has 0 spiro atoms. The minimum Gasteiger partial charge on any atom is -0.309 e. The first kappa shape index (κ1) is 16.3. The molecule has 0 bridgehead atoms. The maximum absolute atomic E-state index is 3.71. The van der Waals surface area contributed by atoms with Crippen molar-refractivity contribution in [2.75, 3.05) is 0 Å². The van der Waals surface area contributed by atoms with Gasteiger partial charge >= 0.3 is 0 Å². The molecule has 0 unspecified atom stereocenters. The highest BCUT2D eigenvalue weighted by molar-refractivity contribution is 9.10. The molecule has 0 saturated carbocycles. The molecule has 0 N–H and O–H groups in total. The Hall–Kier alpha value is -2.84. The van der Waals surface area contributed by atoms with Crippen LogP contribution in [0.5, 0.6) is 0 Å². The van der Waals surface area contributed by atoms with Crippen molar-refractivity contribution in [3.8, 4) is 16.8 Å². The quantitative estimate of drug-likeness (QED) is 0.283. The Kier molecular flexibility index (Phi) is 3.87. The van der Waals surface area contributed by atoms with Crippen molar-refractivity contribution in [1.82, 2.24) is 4.57 Å². The van der Waals surface area contributed by atoms with Crippen molar-refractivity contribution >= 4 is 37.7 Å². The second kappa shape index (κ2) is 6.40. The van der Waals surface area contributed by atoms with E-state index in [-0.39, 0.29) is 0 Å². The molecule has 4 aromatic carbocycles. The second-order valence-electron chi connectivity index (χ2n) is 6.85. The topological polar surface area (TPSA) is 4.93 Å². The third-order valence-electron chi connectivity index (χ3n) is 5.22. The van der Waals surface area contributed by atoms with E-state index in [1.807, 2.05) is 0 Å². The highest BCUT2D eigenvalue weighted by Gasteiger charge is 2.13. The molecule has 1 aromatic heterocycles. The molecule has 27 heavy (non-hydrogen) atoms. The number of nitrogens with zero attached hydrogens (tertiary/aromatic N) is 1. The van der Waals surface area contributed by atoms with E-state index in [0.717, 1.165) is 4.47 Å². The predicted octanol–water partition coefficient (Wildman–Crippen LogP) is 7.52. The fourth-order valence-electron chi connectivity index (χ4n) is 3.92. The molecule has 0 radical (unpaired) electrons. The predicted molar refractivity (Wildman–Crippen MR) is 119 cm³/mol. The standard InChI is InChI=1S/C25H18BrN/c1-17-14-15-18(16-22(17)19-8-2-5-11-23(19)26)27-24-12-6-3-9-20(24)21-10-4-7-13-25(21)27/h2-16H,1H3. The largest absolute Gasteiger partial charge is 0.309 e. The lowest BCUT2D eigenvalue weighted by Gasteiger charge is -2.13. The van der Waals surface area contributed by atoms with Crippen LogP contribution in [0, 0.1) is 6.92 Å². The Morgan fingerprint density at radius 2 is 1.22 bits per heavy atom. The molecule has 0 aliphatic heterocycles. The van der Waals surface area contributed by atoms with Gasteiger partial charge in [0.15, 0.2) is 0 Å². The van der Waals surface area contributed by atoms with Crippen LogP contribution in [0.3, 0.4) is 0 Å². The van der Waals surface area contributed by atoms with Gasteiger partial charge in [-0.3, -0.25) is 0 Å². The van der Waals surface area contributed by atoms with Gasteiger partial charge in [-0.1, -0.05) is 76.6 Å². The Morgan fingerprint density at radius 3 is 1.89 bits per heavy atom. The number of benzene rings is 4. The summed E-state index contributed by atoms with van der Waals surface area (Å²) in [6, 6.07) is 32.4. The summed E-state index contributed by atoms with van der Waals surface area (Å²) in [4.78, 5) is 0. The van der Waals surface area contributed by atoms with E-state index >= 15 is 0 Å². The Labute approximate surface area is 167 Å². The SMILES string of the molecule is Cc1ccc(-n2c3ccccc3c3ccccc32)cc1-c1ccccc1Br. The summed E-state index contributed by atoms with van der Waals surface area (Å²) < 4.78 is 3.48. The van der Waals surface area contributed by atoms with Crippen LogP contribution in [0.1, 0.15) is 5.56 Å². The van der Waals surface area contributed by atoms with Crippen molar-refractivity contribution < 1.29 is 0 Å². The van der Waals surface area contributed by atoms with Gasteiger partial charge in [0.2, 0.25) is 0 Å². The Morgan fingerprint density at radius 1 is 0.630 bits per heavy atom. The van der Waals surface area contributed by atoms with Gasteiger partial charge in [0.1, 0.15) is 0 Å². The summed E-state index contributed by atoms with van der Waals surface area (Å²) in [5.74, 6) is 0. The molecule has 1 heterocycles. The normalized spacial score (nSPS) is 11.3. The second-order valence-corrected chi connectivity index (χ2v) is 7.70. The number of aryl methyl sites for hydroxylation is 1. The van der Waals surface area contributed by atoms with Crippen LogP contribution in [0.2, 0.25) is 0 Å². The van der Waals surface area contributed by atoms with Gasteiger partial charge in [-0.25, -0.2) is 0 Å². The third-order valence-corrected chi connectivity index (χ3v) is 5.91. The molecule has 130 valence electrons. The first-order valence-electron chi connectivity index (χ1n) is 9.08. The zero-order valence-corrected chi connectivity index (χ0v) is 16.6. The average Bonchev–Trinajstić information content (AvgIpc) is 3.04. The van der Waals surface area contributed by atoms with Crippen LogP contribution >= 0.6 is 15.9 Å². The minimum absolute atomic E-state index is 1.12. The maximum Gasteiger partial charge on any atom is 0.0541 e. The van der Waals surface area contributed by atoms with Crippen LogP contribution in [0.25, 0.3) is 38.6 Å². The molecule has 0 amide bonds. The molecule has 0 atom stereocenters. The number of aromatic nitrogens is 1. The summed E-state index contributed by atoms with van der Waals surface area (Å²) in [6.07, 6.45) is 0. The van der Waals surface area contributed by atoms with Gasteiger partial charge in [0.05, 0.1) is 11.0 Å². The molecular weight excluding hydrogens is 394 g/mol. The van der Waals surface area contributed by atoms with E-state index < -0.39 is 0 Å². The van der Waals surface area contributed by atoms with Crippen molar-refractivity contribution in [2.24, 2.45) is 0 Å². The van der Waals surface area contributed by atoms with E-state index in [0.29, 0.717) is 0 Å². The Balaban J connectivity index is 1.84. The van der Waals surface area contributed by atoms with Gasteiger partial charge in [-0.05, 0) is 53.9 Å². The van der Waals surface area contributed by atoms with E-state index in [1.54, 1.807) is 0 Å². The monoisotopic (exact) mass is 411 g/mol. The summed E-state index contributed by atoms with van der Waals surface area (Å²) in [5.41, 5.74) is 7.40. The number of rotatable bonds is 2. The van der Waals surface area contributed by atoms with Gasteiger partial charge in [-0.2, -0.15) is 0 Å². The summed E-state index contributed by atoms with van der Waals surface area (Å²) in [5, 5.41) is 2.58. The molecule has 5 aromatic rings. The summed E-state index contributed by atoms with van der Waals surface area (Å²) >= 11 is 3.71. The van der Waals surface area contributed by atoms with Gasteiger partial charge in [0.25, 0.3) is 0 Å². The lowest BCUT2D eigenvalue weighted by molar-refractivity contribution is 1.17. The van der Waals surface area contributed by atoms with Crippen molar-refractivity contribution in [3.05, 3.63) is 101 Å². The molecule has 1 nitrogen and oxygen atoms in total. The summed E-state index contributed by atoms with van der Waals surface area (Å²) in [7, 11) is 0. The van der Waals surface area contributed by atoms with Crippen LogP contribution in [-0.2, 0) is 0 Å². The van der Waals surface area contributed by atoms with Gasteiger partial charge in [0, 0.05) is 20.9 Å². The molecular formula is C25H18BrN. The number of fused-ring (bicyclic) bond motifs is 3. The van der Waals surface area contributed by atoms with Gasteiger partial charge < -0.3 is 4.57 Å². The minimum atomic E-state index is 1.12. The van der Waals surface area contributed by atoms with E-state index in [2.05, 4.69) is 118 Å². The summed E-state index contributed by atoms with van der Waals surface area (Å²) in [6.45, 7) is 2.17. The Bertz CT molecular complexity index is 1240. The number of hydrogen-bond acceptors (Lipinski definition) is 0. The fourth-order valence-corrected chi connectivity index (χ4v) is 4.42. The first-order chi connectivity index (χ1) is 13.2.